The lowest BCUT2D eigenvalue weighted by atomic mass is 9.92. The van der Waals surface area contributed by atoms with Crippen molar-refractivity contribution < 1.29 is 19.0 Å². The molecule has 0 radical (unpaired) electrons. The van der Waals surface area contributed by atoms with E-state index in [0.29, 0.717) is 16.9 Å². The molecule has 5 heteroatoms. The molecule has 2 heterocycles. The number of anilines is 1. The van der Waals surface area contributed by atoms with Crippen LogP contribution in [0.1, 0.15) is 27.5 Å². The van der Waals surface area contributed by atoms with Crippen LogP contribution in [-0.4, -0.2) is 26.1 Å². The summed E-state index contributed by atoms with van der Waals surface area (Å²) in [6.07, 6.45) is -0.721. The molecule has 0 unspecified atom stereocenters. The first-order valence-corrected chi connectivity index (χ1v) is 9.55. The third-order valence-corrected chi connectivity index (χ3v) is 5.73. The van der Waals surface area contributed by atoms with Crippen molar-refractivity contribution in [2.75, 3.05) is 19.1 Å². The number of fused-ring (bicyclic) bond motifs is 4. The lowest BCUT2D eigenvalue weighted by molar-refractivity contribution is -0.215. The van der Waals surface area contributed by atoms with Crippen molar-refractivity contribution >= 4 is 11.5 Å². The van der Waals surface area contributed by atoms with Crippen molar-refractivity contribution in [3.63, 3.8) is 0 Å². The summed E-state index contributed by atoms with van der Waals surface area (Å²) in [5.41, 5.74) is 3.12. The first-order valence-electron chi connectivity index (χ1n) is 9.55. The standard InChI is InChI=1S/C24H21NO4/c1-27-20-15-9-7-13-18(20)21-23-22(26)17-12-6-8-14-19(17)24(28-2,29-23)25(21)16-10-4-3-5-11-16/h3-15,21,23H,1-2H3/t21-,23-,24-/m1/s1. The van der Waals surface area contributed by atoms with E-state index in [9.17, 15) is 4.79 Å². The van der Waals surface area contributed by atoms with Gasteiger partial charge >= 0.3 is 0 Å². The van der Waals surface area contributed by atoms with Gasteiger partial charge in [-0.05, 0) is 18.2 Å². The van der Waals surface area contributed by atoms with Crippen LogP contribution >= 0.6 is 0 Å². The normalized spacial score (nSPS) is 25.0. The Morgan fingerprint density at radius 1 is 0.897 bits per heavy atom. The van der Waals surface area contributed by atoms with E-state index in [4.69, 9.17) is 14.2 Å². The molecule has 0 amide bonds. The van der Waals surface area contributed by atoms with E-state index in [1.807, 2.05) is 78.9 Å². The van der Waals surface area contributed by atoms with Gasteiger partial charge in [-0.25, -0.2) is 0 Å². The van der Waals surface area contributed by atoms with Gasteiger partial charge in [-0.3, -0.25) is 4.79 Å². The number of carbonyl (C=O) groups excluding carboxylic acids is 1. The van der Waals surface area contributed by atoms with Crippen molar-refractivity contribution in [3.8, 4) is 5.75 Å². The highest BCUT2D eigenvalue weighted by Gasteiger charge is 2.62. The maximum absolute atomic E-state index is 13.4. The van der Waals surface area contributed by atoms with Gasteiger partial charge in [0, 0.05) is 29.5 Å². The first-order chi connectivity index (χ1) is 14.2. The smallest absolute Gasteiger partial charge is 0.282 e. The van der Waals surface area contributed by atoms with Crippen molar-refractivity contribution in [1.82, 2.24) is 0 Å². The molecule has 5 nitrogen and oxygen atoms in total. The zero-order chi connectivity index (χ0) is 20.0. The topological polar surface area (TPSA) is 48.0 Å². The van der Waals surface area contributed by atoms with Crippen LogP contribution in [0.15, 0.2) is 78.9 Å². The average Bonchev–Trinajstić information content (AvgIpc) is 3.11. The predicted molar refractivity (Wildman–Crippen MR) is 109 cm³/mol. The summed E-state index contributed by atoms with van der Waals surface area (Å²) in [6, 6.07) is 24.7. The van der Waals surface area contributed by atoms with Gasteiger partial charge in [0.1, 0.15) is 5.75 Å². The number of para-hydroxylation sites is 2. The van der Waals surface area contributed by atoms with Crippen molar-refractivity contribution in [1.29, 1.82) is 0 Å². The van der Waals surface area contributed by atoms with Gasteiger partial charge < -0.3 is 19.1 Å². The molecule has 29 heavy (non-hydrogen) atoms. The summed E-state index contributed by atoms with van der Waals surface area (Å²) in [6.45, 7) is 0. The van der Waals surface area contributed by atoms with Crippen LogP contribution in [0.25, 0.3) is 0 Å². The predicted octanol–water partition coefficient (Wildman–Crippen LogP) is 4.29. The molecule has 3 aromatic rings. The van der Waals surface area contributed by atoms with Crippen LogP contribution in [-0.2, 0) is 15.4 Å². The fraction of sp³-hybridized carbons (Fsp3) is 0.208. The highest BCUT2D eigenvalue weighted by Crippen LogP contribution is 2.55. The third kappa shape index (κ3) is 2.44. The summed E-state index contributed by atoms with van der Waals surface area (Å²) < 4.78 is 18.1. The van der Waals surface area contributed by atoms with E-state index in [2.05, 4.69) is 4.90 Å². The Hall–Kier alpha value is -3.15. The molecule has 146 valence electrons. The molecule has 2 aliphatic heterocycles. The zero-order valence-corrected chi connectivity index (χ0v) is 16.2. The number of hydrogen-bond donors (Lipinski definition) is 0. The summed E-state index contributed by atoms with van der Waals surface area (Å²) in [7, 11) is 3.25. The van der Waals surface area contributed by atoms with Crippen molar-refractivity contribution in [2.24, 2.45) is 0 Å². The third-order valence-electron chi connectivity index (χ3n) is 5.73. The van der Waals surface area contributed by atoms with Crippen molar-refractivity contribution in [2.45, 2.75) is 18.1 Å². The maximum Gasteiger partial charge on any atom is 0.282 e. The van der Waals surface area contributed by atoms with Crippen molar-refractivity contribution in [3.05, 3.63) is 95.6 Å². The molecular formula is C24H21NO4. The fourth-order valence-corrected chi connectivity index (χ4v) is 4.52. The van der Waals surface area contributed by atoms with E-state index >= 15 is 0 Å². The van der Waals surface area contributed by atoms with E-state index in [0.717, 1.165) is 11.3 Å². The van der Waals surface area contributed by atoms with Crippen LogP contribution in [0.2, 0.25) is 0 Å². The molecule has 1 saturated heterocycles. The number of hydrogen-bond acceptors (Lipinski definition) is 5. The number of methoxy groups -OCH3 is 2. The second-order valence-corrected chi connectivity index (χ2v) is 7.13. The Morgan fingerprint density at radius 2 is 1.59 bits per heavy atom. The van der Waals surface area contributed by atoms with Gasteiger partial charge in [-0.1, -0.05) is 60.7 Å². The van der Waals surface area contributed by atoms with E-state index in [1.165, 1.54) is 0 Å². The van der Waals surface area contributed by atoms with Crippen LogP contribution in [0.3, 0.4) is 0 Å². The first kappa shape index (κ1) is 17.9. The largest absolute Gasteiger partial charge is 0.496 e. The van der Waals surface area contributed by atoms with Gasteiger partial charge in [0.15, 0.2) is 11.9 Å². The van der Waals surface area contributed by atoms with Gasteiger partial charge in [-0.2, -0.15) is 0 Å². The van der Waals surface area contributed by atoms with Gasteiger partial charge in [0.2, 0.25) is 0 Å². The molecule has 0 N–H and O–H groups in total. The molecule has 2 aliphatic rings. The molecular weight excluding hydrogens is 366 g/mol. The molecule has 0 aromatic heterocycles. The molecule has 5 rings (SSSR count). The zero-order valence-electron chi connectivity index (χ0n) is 16.2. The number of benzene rings is 3. The number of rotatable bonds is 4. The molecule has 3 aromatic carbocycles. The molecule has 0 spiro atoms. The van der Waals surface area contributed by atoms with E-state index in [1.54, 1.807) is 14.2 Å². The quantitative estimate of drug-likeness (QED) is 0.668. The van der Waals surface area contributed by atoms with Crippen LogP contribution in [0.4, 0.5) is 5.69 Å². The number of Topliss-reactive ketones (excluding diaryl/α,β-unsaturated/α-hetero) is 1. The van der Waals surface area contributed by atoms with Crippen LogP contribution in [0.5, 0.6) is 5.75 Å². The molecule has 0 saturated carbocycles. The minimum atomic E-state index is -1.21. The highest BCUT2D eigenvalue weighted by molar-refractivity contribution is 6.04. The molecule has 2 bridgehead atoms. The van der Waals surface area contributed by atoms with Gasteiger partial charge in [0.05, 0.1) is 13.2 Å². The highest BCUT2D eigenvalue weighted by atomic mass is 16.7. The molecule has 0 aliphatic carbocycles. The number of carbonyl (C=O) groups is 1. The van der Waals surface area contributed by atoms with E-state index in [-0.39, 0.29) is 5.78 Å². The van der Waals surface area contributed by atoms with E-state index < -0.39 is 18.1 Å². The van der Waals surface area contributed by atoms with Gasteiger partial charge in [-0.15, -0.1) is 0 Å². The lowest BCUT2D eigenvalue weighted by Gasteiger charge is -2.40. The number of ether oxygens (including phenoxy) is 3. The number of nitrogens with zero attached hydrogens (tertiary/aromatic N) is 1. The van der Waals surface area contributed by atoms with Gasteiger partial charge in [0.25, 0.3) is 5.91 Å². The maximum atomic E-state index is 13.4. The summed E-state index contributed by atoms with van der Waals surface area (Å²) in [5.74, 6) is -0.553. The fourth-order valence-electron chi connectivity index (χ4n) is 4.52. The summed E-state index contributed by atoms with van der Waals surface area (Å²) in [5, 5.41) is 0. The monoisotopic (exact) mass is 387 g/mol. The minimum Gasteiger partial charge on any atom is -0.496 e. The average molecular weight is 387 g/mol. The molecule has 3 atom stereocenters. The second kappa shape index (κ2) is 6.72. The summed E-state index contributed by atoms with van der Waals surface area (Å²) >= 11 is 0. The minimum absolute atomic E-state index is 0.0531. The molecule has 1 fully saturated rings. The van der Waals surface area contributed by atoms with Crippen LogP contribution < -0.4 is 9.64 Å². The Labute approximate surface area is 169 Å². The SMILES string of the molecule is COc1ccccc1[C@@H]1[C@H]2O[C@](OC)(c3ccccc3C2=O)N1c1ccccc1. The Morgan fingerprint density at radius 3 is 2.34 bits per heavy atom. The van der Waals surface area contributed by atoms with Crippen LogP contribution in [0, 0.1) is 0 Å². The Kier molecular flexibility index (Phi) is 4.15. The lowest BCUT2D eigenvalue weighted by Crippen LogP contribution is -2.46. The summed E-state index contributed by atoms with van der Waals surface area (Å²) in [4.78, 5) is 15.5. The number of ketones is 1. The second-order valence-electron chi connectivity index (χ2n) is 7.13. The Balaban J connectivity index is 1.81. The Bertz CT molecular complexity index is 1070.